The van der Waals surface area contributed by atoms with Crippen LogP contribution in [-0.2, 0) is 0 Å². The molecule has 0 atom stereocenters. The Hall–Kier alpha value is -1.55. The summed E-state index contributed by atoms with van der Waals surface area (Å²) in [6, 6.07) is 8.87. The number of nitrogens with zero attached hydrogens (tertiary/aromatic N) is 2. The summed E-state index contributed by atoms with van der Waals surface area (Å²) in [5, 5.41) is 7.43. The van der Waals surface area contributed by atoms with Crippen LogP contribution in [0.4, 0.5) is 5.69 Å². The van der Waals surface area contributed by atoms with Crippen LogP contribution in [0.2, 0.25) is 0 Å². The molecule has 108 valence electrons. The van der Waals surface area contributed by atoms with Crippen LogP contribution in [0.1, 0.15) is 31.2 Å². The van der Waals surface area contributed by atoms with E-state index >= 15 is 0 Å². The van der Waals surface area contributed by atoms with Crippen molar-refractivity contribution in [2.45, 2.75) is 31.7 Å². The molecule has 2 aliphatic heterocycles. The van der Waals surface area contributed by atoms with E-state index in [4.69, 9.17) is 11.1 Å². The van der Waals surface area contributed by atoms with Crippen molar-refractivity contribution >= 4 is 11.5 Å². The van der Waals surface area contributed by atoms with Crippen LogP contribution in [0.3, 0.4) is 0 Å². The first-order chi connectivity index (χ1) is 9.74. The molecule has 4 heteroatoms. The molecule has 0 unspecified atom stereocenters. The Kier molecular flexibility index (Phi) is 3.92. The minimum Gasteiger partial charge on any atom is -0.384 e. The van der Waals surface area contributed by atoms with E-state index in [2.05, 4.69) is 21.9 Å². The number of piperidine rings is 1. The lowest BCUT2D eigenvalue weighted by Gasteiger charge is -2.37. The molecule has 20 heavy (non-hydrogen) atoms. The second kappa shape index (κ2) is 5.83. The van der Waals surface area contributed by atoms with Crippen molar-refractivity contribution < 1.29 is 0 Å². The first-order valence-electron chi connectivity index (χ1n) is 7.67. The average Bonchev–Trinajstić information content (AvgIpc) is 3.02. The zero-order valence-electron chi connectivity index (χ0n) is 12.0. The van der Waals surface area contributed by atoms with Crippen molar-refractivity contribution in [1.82, 2.24) is 4.90 Å². The third kappa shape index (κ3) is 2.80. The summed E-state index contributed by atoms with van der Waals surface area (Å²) in [4.78, 5) is 5.13. The number of nitrogens with two attached hydrogens (primary N) is 1. The van der Waals surface area contributed by atoms with Crippen molar-refractivity contribution in [3.63, 3.8) is 0 Å². The number of hydrogen-bond donors (Lipinski definition) is 2. The molecule has 2 fully saturated rings. The van der Waals surface area contributed by atoms with E-state index < -0.39 is 0 Å². The Bertz CT molecular complexity index is 454. The molecule has 0 saturated carbocycles. The molecule has 2 saturated heterocycles. The fourth-order valence-electron chi connectivity index (χ4n) is 3.45. The lowest BCUT2D eigenvalue weighted by molar-refractivity contribution is 0.208. The van der Waals surface area contributed by atoms with Crippen molar-refractivity contribution in [2.75, 3.05) is 31.1 Å². The Morgan fingerprint density at radius 3 is 2.15 bits per heavy atom. The molecule has 0 aromatic heterocycles. The molecule has 1 aromatic carbocycles. The number of amidine groups is 1. The summed E-state index contributed by atoms with van der Waals surface area (Å²) in [6.45, 7) is 4.89. The van der Waals surface area contributed by atoms with Gasteiger partial charge in [0.2, 0.25) is 0 Å². The van der Waals surface area contributed by atoms with Crippen molar-refractivity contribution in [3.05, 3.63) is 29.8 Å². The van der Waals surface area contributed by atoms with E-state index in [1.54, 1.807) is 0 Å². The molecule has 0 aliphatic carbocycles. The van der Waals surface area contributed by atoms with Gasteiger partial charge < -0.3 is 15.5 Å². The highest BCUT2D eigenvalue weighted by Gasteiger charge is 2.26. The second-order valence-electron chi connectivity index (χ2n) is 5.92. The van der Waals surface area contributed by atoms with E-state index in [0.29, 0.717) is 0 Å². The molecule has 3 N–H and O–H groups in total. The summed E-state index contributed by atoms with van der Waals surface area (Å²) >= 11 is 0. The van der Waals surface area contributed by atoms with Crippen molar-refractivity contribution in [1.29, 1.82) is 5.41 Å². The van der Waals surface area contributed by atoms with Gasteiger partial charge in [0, 0.05) is 30.4 Å². The van der Waals surface area contributed by atoms with Crippen molar-refractivity contribution in [2.24, 2.45) is 5.73 Å². The van der Waals surface area contributed by atoms with Crippen LogP contribution in [0.25, 0.3) is 0 Å². The third-order valence-corrected chi connectivity index (χ3v) is 4.66. The largest absolute Gasteiger partial charge is 0.384 e. The number of anilines is 1. The maximum absolute atomic E-state index is 7.43. The zero-order valence-corrected chi connectivity index (χ0v) is 12.0. The van der Waals surface area contributed by atoms with Gasteiger partial charge in [0.25, 0.3) is 0 Å². The SMILES string of the molecule is N=C(N)c1ccc(N2CCC(N3CCCC3)CC2)cc1. The van der Waals surface area contributed by atoms with Crippen molar-refractivity contribution in [3.8, 4) is 0 Å². The lowest BCUT2D eigenvalue weighted by atomic mass is 10.0. The number of hydrogen-bond acceptors (Lipinski definition) is 3. The van der Waals surface area contributed by atoms with E-state index in [1.807, 2.05) is 12.1 Å². The summed E-state index contributed by atoms with van der Waals surface area (Å²) in [5.74, 6) is 0.143. The molecule has 2 heterocycles. The highest BCUT2D eigenvalue weighted by Crippen LogP contribution is 2.25. The minimum absolute atomic E-state index is 0.143. The van der Waals surface area contributed by atoms with Crippen LogP contribution >= 0.6 is 0 Å². The Morgan fingerprint density at radius 1 is 1.00 bits per heavy atom. The molecular formula is C16H24N4. The lowest BCUT2D eigenvalue weighted by Crippen LogP contribution is -2.43. The zero-order chi connectivity index (χ0) is 13.9. The van der Waals surface area contributed by atoms with E-state index in [9.17, 15) is 0 Å². The quantitative estimate of drug-likeness (QED) is 0.654. The number of likely N-dealkylation sites (tertiary alicyclic amines) is 1. The van der Waals surface area contributed by atoms with Crippen LogP contribution in [0.15, 0.2) is 24.3 Å². The first-order valence-corrected chi connectivity index (χ1v) is 7.67. The highest BCUT2D eigenvalue weighted by atomic mass is 15.2. The van der Waals surface area contributed by atoms with Gasteiger partial charge >= 0.3 is 0 Å². The van der Waals surface area contributed by atoms with Gasteiger partial charge in [-0.25, -0.2) is 0 Å². The second-order valence-corrected chi connectivity index (χ2v) is 5.92. The molecule has 2 aliphatic rings. The molecule has 3 rings (SSSR count). The molecule has 1 aromatic rings. The molecular weight excluding hydrogens is 248 g/mol. The highest BCUT2D eigenvalue weighted by molar-refractivity contribution is 5.95. The maximum Gasteiger partial charge on any atom is 0.122 e. The summed E-state index contributed by atoms with van der Waals surface area (Å²) < 4.78 is 0. The van der Waals surface area contributed by atoms with Gasteiger partial charge in [0.1, 0.15) is 5.84 Å². The van der Waals surface area contributed by atoms with Gasteiger partial charge in [-0.05, 0) is 63.0 Å². The van der Waals surface area contributed by atoms with Crippen LogP contribution < -0.4 is 10.6 Å². The van der Waals surface area contributed by atoms with E-state index in [1.165, 1.54) is 44.5 Å². The molecule has 0 bridgehead atoms. The molecule has 0 spiro atoms. The summed E-state index contributed by atoms with van der Waals surface area (Å²) in [7, 11) is 0. The first kappa shape index (κ1) is 13.4. The third-order valence-electron chi connectivity index (χ3n) is 4.66. The van der Waals surface area contributed by atoms with Gasteiger partial charge in [-0.15, -0.1) is 0 Å². The number of nitrogens with one attached hydrogen (secondary N) is 1. The van der Waals surface area contributed by atoms with Crippen LogP contribution in [0, 0.1) is 5.41 Å². The minimum atomic E-state index is 0.143. The predicted molar refractivity (Wildman–Crippen MR) is 83.5 cm³/mol. The average molecular weight is 272 g/mol. The number of rotatable bonds is 3. The Morgan fingerprint density at radius 2 is 1.60 bits per heavy atom. The van der Waals surface area contributed by atoms with Gasteiger partial charge in [0.05, 0.1) is 0 Å². The van der Waals surface area contributed by atoms with Gasteiger partial charge in [-0.2, -0.15) is 0 Å². The summed E-state index contributed by atoms with van der Waals surface area (Å²) in [6.07, 6.45) is 5.31. The predicted octanol–water partition coefficient (Wildman–Crippen LogP) is 2.04. The van der Waals surface area contributed by atoms with Gasteiger partial charge in [0.15, 0.2) is 0 Å². The summed E-state index contributed by atoms with van der Waals surface area (Å²) in [5.41, 5.74) is 7.56. The van der Waals surface area contributed by atoms with E-state index in [0.717, 1.165) is 24.7 Å². The molecule has 4 nitrogen and oxygen atoms in total. The van der Waals surface area contributed by atoms with Gasteiger partial charge in [-0.1, -0.05) is 0 Å². The van der Waals surface area contributed by atoms with E-state index in [-0.39, 0.29) is 5.84 Å². The van der Waals surface area contributed by atoms with Crippen LogP contribution in [0.5, 0.6) is 0 Å². The smallest absolute Gasteiger partial charge is 0.122 e. The number of benzene rings is 1. The fourth-order valence-corrected chi connectivity index (χ4v) is 3.45. The molecule has 0 radical (unpaired) electrons. The maximum atomic E-state index is 7.43. The number of nitrogen functional groups attached to an aromatic ring is 1. The standard InChI is InChI=1S/C16H24N4/c17-16(18)13-3-5-14(6-4-13)20-11-7-15(8-12-20)19-9-1-2-10-19/h3-6,15H,1-2,7-12H2,(H3,17,18). The normalized spacial score (nSPS) is 21.3. The Labute approximate surface area is 121 Å². The molecule has 0 amide bonds. The topological polar surface area (TPSA) is 56.4 Å². The Balaban J connectivity index is 1.58. The van der Waals surface area contributed by atoms with Gasteiger partial charge in [-0.3, -0.25) is 5.41 Å². The monoisotopic (exact) mass is 272 g/mol. The fraction of sp³-hybridized carbons (Fsp3) is 0.562. The van der Waals surface area contributed by atoms with Crippen LogP contribution in [-0.4, -0.2) is 43.0 Å².